The molecule has 0 bridgehead atoms. The van der Waals surface area contributed by atoms with E-state index in [1.807, 2.05) is 26.0 Å². The molecule has 3 aliphatic rings. The van der Waals surface area contributed by atoms with Crippen molar-refractivity contribution in [1.82, 2.24) is 9.80 Å². The van der Waals surface area contributed by atoms with Crippen molar-refractivity contribution in [3.8, 4) is 5.75 Å². The summed E-state index contributed by atoms with van der Waals surface area (Å²) < 4.78 is 11.1. The van der Waals surface area contributed by atoms with Gasteiger partial charge < -0.3 is 24.4 Å². The van der Waals surface area contributed by atoms with Crippen LogP contribution < -0.4 is 9.64 Å². The highest BCUT2D eigenvalue weighted by Crippen LogP contribution is 2.53. The van der Waals surface area contributed by atoms with Crippen LogP contribution in [0.15, 0.2) is 60.7 Å². The molecular formula is C31H35N3O6. The van der Waals surface area contributed by atoms with Crippen LogP contribution in [0.3, 0.4) is 0 Å². The molecule has 1 atom stereocenters. The van der Waals surface area contributed by atoms with Crippen molar-refractivity contribution in [3.05, 3.63) is 77.4 Å². The molecule has 3 aliphatic heterocycles. The summed E-state index contributed by atoms with van der Waals surface area (Å²) in [7, 11) is 0. The molecule has 2 saturated heterocycles. The van der Waals surface area contributed by atoms with Crippen LogP contribution >= 0.6 is 0 Å². The molecule has 2 aromatic rings. The van der Waals surface area contributed by atoms with Gasteiger partial charge in [-0.2, -0.15) is 0 Å². The number of para-hydroxylation sites is 1. The number of amides is 2. The van der Waals surface area contributed by atoms with Crippen LogP contribution in [0.5, 0.6) is 5.75 Å². The van der Waals surface area contributed by atoms with E-state index in [0.717, 1.165) is 18.7 Å². The van der Waals surface area contributed by atoms with Crippen molar-refractivity contribution in [2.45, 2.75) is 25.8 Å². The largest absolute Gasteiger partial charge is 0.507 e. The number of aryl methyl sites for hydroxylation is 1. The number of fused-ring (bicyclic) bond motifs is 2. The van der Waals surface area contributed by atoms with Gasteiger partial charge in [0.2, 0.25) is 0 Å². The van der Waals surface area contributed by atoms with Crippen molar-refractivity contribution in [2.24, 2.45) is 0 Å². The lowest BCUT2D eigenvalue weighted by atomic mass is 9.81. The van der Waals surface area contributed by atoms with E-state index in [9.17, 15) is 19.5 Å². The molecule has 0 aromatic heterocycles. The number of benzene rings is 2. The number of rotatable bonds is 9. The molecule has 2 aromatic carbocycles. The molecule has 2 amide bonds. The van der Waals surface area contributed by atoms with E-state index < -0.39 is 23.1 Å². The highest BCUT2D eigenvalue weighted by Gasteiger charge is 2.66. The molecule has 0 saturated carbocycles. The number of aliphatic hydroxyl groups is 1. The average Bonchev–Trinajstić information content (AvgIpc) is 3.35. The van der Waals surface area contributed by atoms with E-state index >= 15 is 0 Å². The zero-order chi connectivity index (χ0) is 28.4. The van der Waals surface area contributed by atoms with Gasteiger partial charge in [0.25, 0.3) is 17.6 Å². The molecule has 3 heterocycles. The predicted octanol–water partition coefficient (Wildman–Crippen LogP) is 3.22. The number of ketones is 1. The Kier molecular flexibility index (Phi) is 7.78. The number of carbonyl (C=O) groups excluding carboxylic acids is 3. The number of likely N-dealkylation sites (N-methyl/N-ethyl adjacent to an activating group) is 1. The molecular weight excluding hydrogens is 510 g/mol. The number of morpholine rings is 1. The van der Waals surface area contributed by atoms with E-state index in [1.54, 1.807) is 41.3 Å². The van der Waals surface area contributed by atoms with Crippen molar-refractivity contribution < 1.29 is 29.0 Å². The molecule has 0 aliphatic carbocycles. The van der Waals surface area contributed by atoms with Gasteiger partial charge in [0.05, 0.1) is 24.5 Å². The minimum absolute atomic E-state index is 0.184. The van der Waals surface area contributed by atoms with Gasteiger partial charge in [-0.1, -0.05) is 30.9 Å². The summed E-state index contributed by atoms with van der Waals surface area (Å²) in [6.45, 7) is 11.8. The third-order valence-electron chi connectivity index (χ3n) is 7.89. The SMILES string of the molecule is C=CCOc1ccc(C(O)=C2C(=O)C(=O)N(CCCN3CCOCC3)C23C(=O)N(CC)c2ccccc23)cc1C. The van der Waals surface area contributed by atoms with Gasteiger partial charge in [-0.25, -0.2) is 0 Å². The first-order valence-corrected chi connectivity index (χ1v) is 13.7. The normalized spacial score (nSPS) is 22.3. The molecule has 9 heteroatoms. The number of hydrogen-bond donors (Lipinski definition) is 1. The molecule has 9 nitrogen and oxygen atoms in total. The first-order chi connectivity index (χ1) is 19.4. The lowest BCUT2D eigenvalue weighted by Gasteiger charge is -2.35. The highest BCUT2D eigenvalue weighted by molar-refractivity contribution is 6.50. The number of nitrogens with zero attached hydrogens (tertiary/aromatic N) is 3. The molecule has 1 N–H and O–H groups in total. The average molecular weight is 546 g/mol. The Morgan fingerprint density at radius 3 is 2.58 bits per heavy atom. The number of hydrogen-bond acceptors (Lipinski definition) is 7. The smallest absolute Gasteiger partial charge is 0.296 e. The molecule has 1 spiro atoms. The van der Waals surface area contributed by atoms with E-state index in [2.05, 4.69) is 11.5 Å². The van der Waals surface area contributed by atoms with E-state index in [-0.39, 0.29) is 17.9 Å². The van der Waals surface area contributed by atoms with E-state index in [0.29, 0.717) is 61.9 Å². The fraction of sp³-hybridized carbons (Fsp3) is 0.387. The van der Waals surface area contributed by atoms with Crippen LogP contribution in [0.25, 0.3) is 5.76 Å². The predicted molar refractivity (Wildman–Crippen MR) is 151 cm³/mol. The summed E-state index contributed by atoms with van der Waals surface area (Å²) in [5, 5.41) is 11.7. The van der Waals surface area contributed by atoms with Crippen LogP contribution in [0, 0.1) is 6.92 Å². The maximum atomic E-state index is 14.3. The third-order valence-corrected chi connectivity index (χ3v) is 7.89. The second kappa shape index (κ2) is 11.3. The van der Waals surface area contributed by atoms with E-state index in [1.165, 1.54) is 4.90 Å². The maximum Gasteiger partial charge on any atom is 0.296 e. The van der Waals surface area contributed by atoms with Crippen molar-refractivity contribution in [3.63, 3.8) is 0 Å². The fourth-order valence-electron chi connectivity index (χ4n) is 6.01. The Labute approximate surface area is 234 Å². The number of carbonyl (C=O) groups is 3. The monoisotopic (exact) mass is 545 g/mol. The zero-order valence-corrected chi connectivity index (χ0v) is 23.0. The summed E-state index contributed by atoms with van der Waals surface area (Å²) in [4.78, 5) is 47.0. The summed E-state index contributed by atoms with van der Waals surface area (Å²) >= 11 is 0. The first-order valence-electron chi connectivity index (χ1n) is 13.7. The Morgan fingerprint density at radius 1 is 1.12 bits per heavy atom. The Bertz CT molecular complexity index is 1380. The van der Waals surface area contributed by atoms with Crippen molar-refractivity contribution in [2.75, 3.05) is 57.4 Å². The Morgan fingerprint density at radius 2 is 1.88 bits per heavy atom. The maximum absolute atomic E-state index is 14.3. The summed E-state index contributed by atoms with van der Waals surface area (Å²) in [5.74, 6) is -1.84. The van der Waals surface area contributed by atoms with Crippen LogP contribution in [0.2, 0.25) is 0 Å². The van der Waals surface area contributed by atoms with E-state index in [4.69, 9.17) is 9.47 Å². The van der Waals surface area contributed by atoms with Gasteiger partial charge in [-0.15, -0.1) is 0 Å². The standard InChI is InChI=1S/C31H35N3O6/c1-4-17-40-25-12-11-22(20-21(25)3)27(35)26-28(36)29(37)34(14-8-13-32-15-18-39-19-16-32)31(26)23-9-6-7-10-24(23)33(5-2)30(31)38/h4,6-7,9-12,20,35H,1,5,8,13-19H2,2-3H3. The summed E-state index contributed by atoms with van der Waals surface area (Å²) in [6.07, 6.45) is 2.19. The second-order valence-electron chi connectivity index (χ2n) is 10.2. The van der Waals surface area contributed by atoms with Crippen LogP contribution in [-0.2, 0) is 24.7 Å². The quantitative estimate of drug-likeness (QED) is 0.224. The Balaban J connectivity index is 1.63. The van der Waals surface area contributed by atoms with Gasteiger partial charge in [-0.05, 0) is 50.1 Å². The molecule has 210 valence electrons. The molecule has 5 rings (SSSR count). The lowest BCUT2D eigenvalue weighted by Crippen LogP contribution is -2.52. The number of likely N-dealkylation sites (tertiary alicyclic amines) is 1. The number of Topliss-reactive ketones (excluding diaryl/α,β-unsaturated/α-hetero) is 1. The second-order valence-corrected chi connectivity index (χ2v) is 10.2. The van der Waals surface area contributed by atoms with Gasteiger partial charge in [0.15, 0.2) is 5.54 Å². The summed E-state index contributed by atoms with van der Waals surface area (Å²) in [6, 6.07) is 12.2. The van der Waals surface area contributed by atoms with Crippen molar-refractivity contribution in [1.29, 1.82) is 0 Å². The first kappa shape index (κ1) is 27.6. The molecule has 2 fully saturated rings. The number of anilines is 1. The third kappa shape index (κ3) is 4.39. The van der Waals surface area contributed by atoms with Crippen LogP contribution in [0.4, 0.5) is 5.69 Å². The molecule has 40 heavy (non-hydrogen) atoms. The molecule has 0 radical (unpaired) electrons. The van der Waals surface area contributed by atoms with Crippen LogP contribution in [-0.4, -0.2) is 85.0 Å². The highest BCUT2D eigenvalue weighted by atomic mass is 16.5. The minimum atomic E-state index is -1.75. The number of aliphatic hydroxyl groups excluding tert-OH is 1. The van der Waals surface area contributed by atoms with Crippen LogP contribution in [0.1, 0.15) is 30.0 Å². The number of ether oxygens (including phenoxy) is 2. The van der Waals surface area contributed by atoms with Gasteiger partial charge in [0.1, 0.15) is 18.1 Å². The molecule has 1 unspecified atom stereocenters. The Hall–Kier alpha value is -3.95. The van der Waals surface area contributed by atoms with Gasteiger partial charge >= 0.3 is 0 Å². The minimum Gasteiger partial charge on any atom is -0.507 e. The topological polar surface area (TPSA) is 99.6 Å². The fourth-order valence-corrected chi connectivity index (χ4v) is 6.01. The van der Waals surface area contributed by atoms with Gasteiger partial charge in [0, 0.05) is 43.9 Å². The van der Waals surface area contributed by atoms with Crippen molar-refractivity contribution >= 4 is 29.0 Å². The van der Waals surface area contributed by atoms with Gasteiger partial charge in [-0.3, -0.25) is 19.3 Å². The summed E-state index contributed by atoms with van der Waals surface area (Å²) in [5.41, 5.74) is 0.266. The lowest BCUT2D eigenvalue weighted by molar-refractivity contribution is -0.143. The zero-order valence-electron chi connectivity index (χ0n) is 23.0.